The van der Waals surface area contributed by atoms with Crippen LogP contribution in [-0.4, -0.2) is 43.9 Å². The first kappa shape index (κ1) is 21.4. The van der Waals surface area contributed by atoms with Crippen molar-refractivity contribution in [2.24, 2.45) is 0 Å². The molecule has 154 valence electrons. The van der Waals surface area contributed by atoms with Gasteiger partial charge < -0.3 is 9.64 Å². The third-order valence-corrected chi connectivity index (χ3v) is 7.15. The Hall–Kier alpha value is -2.34. The molecule has 0 bridgehead atoms. The third-order valence-electron chi connectivity index (χ3n) is 5.00. The van der Waals surface area contributed by atoms with Crippen molar-refractivity contribution in [2.75, 3.05) is 20.2 Å². The molecule has 9 heteroatoms. The first-order valence-electron chi connectivity index (χ1n) is 9.01. The van der Waals surface area contributed by atoms with Gasteiger partial charge in [-0.25, -0.2) is 12.8 Å². The van der Waals surface area contributed by atoms with Gasteiger partial charge in [0.05, 0.1) is 7.11 Å². The van der Waals surface area contributed by atoms with Crippen molar-refractivity contribution in [3.8, 4) is 11.9 Å². The van der Waals surface area contributed by atoms with Gasteiger partial charge >= 0.3 is 0 Å². The topological polar surface area (TPSA) is 73.6 Å². The molecular weight excluding hydrogens is 417 g/mol. The first-order valence-corrected chi connectivity index (χ1v) is 10.8. The Morgan fingerprint density at radius 3 is 2.72 bits per heavy atom. The molecule has 0 radical (unpaired) electrons. The minimum absolute atomic E-state index is 0.0286. The molecule has 29 heavy (non-hydrogen) atoms. The maximum absolute atomic E-state index is 14.1. The Kier molecular flexibility index (Phi) is 6.32. The zero-order valence-corrected chi connectivity index (χ0v) is 17.7. The lowest BCUT2D eigenvalue weighted by atomic mass is 10.1. The van der Waals surface area contributed by atoms with E-state index >= 15 is 0 Å². The van der Waals surface area contributed by atoms with E-state index in [1.54, 1.807) is 25.1 Å². The summed E-state index contributed by atoms with van der Waals surface area (Å²) in [5.74, 6) is -0.227. The lowest BCUT2D eigenvalue weighted by molar-refractivity contribution is 0.311. The molecule has 1 saturated heterocycles. The number of methoxy groups -OCH3 is 1. The Bertz CT molecular complexity index is 1060. The molecule has 0 amide bonds. The van der Waals surface area contributed by atoms with Crippen LogP contribution >= 0.6 is 11.6 Å². The number of benzene rings is 2. The number of hydrogen-bond acceptors (Lipinski definition) is 5. The molecule has 1 atom stereocenters. The van der Waals surface area contributed by atoms with Crippen LogP contribution in [0.3, 0.4) is 0 Å². The molecule has 0 aliphatic carbocycles. The zero-order chi connectivity index (χ0) is 21.2. The molecule has 6 nitrogen and oxygen atoms in total. The molecule has 0 N–H and O–H groups in total. The van der Waals surface area contributed by atoms with Crippen LogP contribution in [0.4, 0.5) is 4.39 Å². The van der Waals surface area contributed by atoms with E-state index in [0.717, 1.165) is 0 Å². The Morgan fingerprint density at radius 1 is 1.34 bits per heavy atom. The summed E-state index contributed by atoms with van der Waals surface area (Å²) >= 11 is 6.05. The largest absolute Gasteiger partial charge is 0.495 e. The first-order chi connectivity index (χ1) is 13.8. The lowest BCUT2D eigenvalue weighted by Crippen LogP contribution is -2.41. The van der Waals surface area contributed by atoms with Gasteiger partial charge in [-0.05, 0) is 48.7 Å². The van der Waals surface area contributed by atoms with E-state index in [0.29, 0.717) is 24.1 Å². The van der Waals surface area contributed by atoms with Crippen molar-refractivity contribution in [1.82, 2.24) is 9.21 Å². The molecule has 2 aromatic carbocycles. The Morgan fingerprint density at radius 2 is 2.10 bits per heavy atom. The molecule has 0 saturated carbocycles. The number of hydrogen-bond donors (Lipinski definition) is 0. The minimum Gasteiger partial charge on any atom is -0.495 e. The monoisotopic (exact) mass is 437 g/mol. The molecule has 1 aliphatic rings. The van der Waals surface area contributed by atoms with E-state index in [9.17, 15) is 18.1 Å². The van der Waals surface area contributed by atoms with E-state index in [2.05, 4.69) is 6.19 Å². The van der Waals surface area contributed by atoms with Crippen LogP contribution in [0.5, 0.6) is 5.75 Å². The van der Waals surface area contributed by atoms with E-state index in [4.69, 9.17) is 16.3 Å². The molecule has 1 heterocycles. The number of sulfonamides is 1. The van der Waals surface area contributed by atoms with E-state index in [1.165, 1.54) is 34.5 Å². The van der Waals surface area contributed by atoms with Crippen molar-refractivity contribution in [3.63, 3.8) is 0 Å². The van der Waals surface area contributed by atoms with Crippen LogP contribution in [-0.2, 0) is 16.6 Å². The highest BCUT2D eigenvalue weighted by Crippen LogP contribution is 2.33. The maximum atomic E-state index is 14.1. The van der Waals surface area contributed by atoms with Gasteiger partial charge in [0, 0.05) is 30.7 Å². The number of ether oxygens (including phenoxy) is 1. The second-order valence-electron chi connectivity index (χ2n) is 6.92. The highest BCUT2D eigenvalue weighted by atomic mass is 35.5. The fourth-order valence-corrected chi connectivity index (χ4v) is 5.43. The summed E-state index contributed by atoms with van der Waals surface area (Å²) in [6, 6.07) is 8.60. The standard InChI is InChI=1S/C20H21ClFN3O3S/c1-14-3-4-15(9-18(14)22)11-25(17-7-8-24(12-17)13-23)29(26,27)20-10-16(21)5-6-19(20)28-2/h3-6,9-10,17H,7-8,11-12H2,1-2H3. The van der Waals surface area contributed by atoms with Crippen molar-refractivity contribution in [3.05, 3.63) is 58.4 Å². The van der Waals surface area contributed by atoms with E-state index < -0.39 is 21.9 Å². The number of nitriles is 1. The maximum Gasteiger partial charge on any atom is 0.247 e. The summed E-state index contributed by atoms with van der Waals surface area (Å²) in [6.45, 7) is 2.35. The summed E-state index contributed by atoms with van der Waals surface area (Å²) in [6.07, 6.45) is 2.55. The van der Waals surface area contributed by atoms with Crippen LogP contribution in [0.25, 0.3) is 0 Å². The summed E-state index contributed by atoms with van der Waals surface area (Å²) in [5.41, 5.74) is 1.00. The van der Waals surface area contributed by atoms with Gasteiger partial charge in [0.1, 0.15) is 16.5 Å². The van der Waals surface area contributed by atoms with Crippen LogP contribution in [0.2, 0.25) is 5.02 Å². The Balaban J connectivity index is 2.05. The predicted molar refractivity (Wildman–Crippen MR) is 107 cm³/mol. The zero-order valence-electron chi connectivity index (χ0n) is 16.1. The smallest absolute Gasteiger partial charge is 0.247 e. The quantitative estimate of drug-likeness (QED) is 0.646. The van der Waals surface area contributed by atoms with Gasteiger partial charge in [0.2, 0.25) is 10.0 Å². The minimum atomic E-state index is -4.04. The van der Waals surface area contributed by atoms with Gasteiger partial charge in [-0.15, -0.1) is 0 Å². The van der Waals surface area contributed by atoms with E-state index in [1.807, 2.05) is 0 Å². The van der Waals surface area contributed by atoms with Gasteiger partial charge in [-0.1, -0.05) is 23.7 Å². The summed E-state index contributed by atoms with van der Waals surface area (Å²) in [7, 11) is -2.65. The van der Waals surface area contributed by atoms with Crippen molar-refractivity contribution in [1.29, 1.82) is 5.26 Å². The number of halogens is 2. The van der Waals surface area contributed by atoms with Crippen molar-refractivity contribution >= 4 is 21.6 Å². The molecule has 0 spiro atoms. The summed E-state index contributed by atoms with van der Waals surface area (Å²) in [5, 5.41) is 9.44. The molecule has 1 unspecified atom stereocenters. The van der Waals surface area contributed by atoms with Crippen LogP contribution in [0.1, 0.15) is 17.5 Å². The van der Waals surface area contributed by atoms with Crippen LogP contribution in [0.15, 0.2) is 41.3 Å². The average molecular weight is 438 g/mol. The molecule has 3 rings (SSSR count). The average Bonchev–Trinajstić information content (AvgIpc) is 3.17. The molecule has 2 aromatic rings. The normalized spacial score (nSPS) is 16.8. The molecule has 1 fully saturated rings. The number of rotatable bonds is 6. The van der Waals surface area contributed by atoms with Crippen LogP contribution < -0.4 is 4.74 Å². The summed E-state index contributed by atoms with van der Waals surface area (Å²) in [4.78, 5) is 1.45. The fraction of sp³-hybridized carbons (Fsp3) is 0.350. The van der Waals surface area contributed by atoms with Crippen molar-refractivity contribution < 1.29 is 17.5 Å². The highest BCUT2D eigenvalue weighted by molar-refractivity contribution is 7.89. The van der Waals surface area contributed by atoms with E-state index in [-0.39, 0.29) is 28.8 Å². The lowest BCUT2D eigenvalue weighted by Gasteiger charge is -2.28. The predicted octanol–water partition coefficient (Wildman–Crippen LogP) is 3.54. The van der Waals surface area contributed by atoms with Crippen molar-refractivity contribution in [2.45, 2.75) is 30.8 Å². The fourth-order valence-electron chi connectivity index (χ4n) is 3.37. The highest BCUT2D eigenvalue weighted by Gasteiger charge is 2.37. The van der Waals surface area contributed by atoms with Crippen LogP contribution in [0, 0.1) is 24.2 Å². The second-order valence-corrected chi connectivity index (χ2v) is 9.21. The molecule has 0 aromatic heterocycles. The Labute approximate surface area is 175 Å². The molecular formula is C20H21ClFN3O3S. The third kappa shape index (κ3) is 4.47. The number of aryl methyl sites for hydroxylation is 1. The number of nitrogens with zero attached hydrogens (tertiary/aromatic N) is 3. The number of likely N-dealkylation sites (tertiary alicyclic amines) is 1. The summed E-state index contributed by atoms with van der Waals surface area (Å²) < 4.78 is 47.8. The van der Waals surface area contributed by atoms with Gasteiger partial charge in [-0.2, -0.15) is 9.57 Å². The van der Waals surface area contributed by atoms with Gasteiger partial charge in [0.15, 0.2) is 6.19 Å². The van der Waals surface area contributed by atoms with Gasteiger partial charge in [-0.3, -0.25) is 0 Å². The SMILES string of the molecule is COc1ccc(Cl)cc1S(=O)(=O)N(Cc1ccc(C)c(F)c1)C1CCN(C#N)C1. The molecule has 1 aliphatic heterocycles. The second kappa shape index (κ2) is 8.57. The van der Waals surface area contributed by atoms with Gasteiger partial charge in [0.25, 0.3) is 0 Å².